The van der Waals surface area contributed by atoms with Gasteiger partial charge in [0.25, 0.3) is 0 Å². The molecule has 0 radical (unpaired) electrons. The lowest BCUT2D eigenvalue weighted by molar-refractivity contribution is -0.146. The highest BCUT2D eigenvalue weighted by molar-refractivity contribution is 6.04. The first-order valence-corrected chi connectivity index (χ1v) is 13.7. The molecule has 7 heteroatoms. The number of methoxy groups -OCH3 is 1. The molecule has 2 aliphatic carbocycles. The van der Waals surface area contributed by atoms with E-state index >= 15 is 0 Å². The lowest BCUT2D eigenvalue weighted by Gasteiger charge is -2.37. The van der Waals surface area contributed by atoms with Gasteiger partial charge in [0, 0.05) is 36.2 Å². The van der Waals surface area contributed by atoms with Crippen LogP contribution in [0, 0.1) is 0 Å². The van der Waals surface area contributed by atoms with E-state index in [2.05, 4.69) is 17.4 Å². The summed E-state index contributed by atoms with van der Waals surface area (Å²) >= 11 is 0. The number of Topliss-reactive ketones (excluding diaryl/α,β-unsaturated/α-hetero) is 1. The van der Waals surface area contributed by atoms with Crippen LogP contribution in [0.4, 0.5) is 0 Å². The summed E-state index contributed by atoms with van der Waals surface area (Å²) in [6, 6.07) is 15.2. The Balaban J connectivity index is 1.57. The zero-order valence-electron chi connectivity index (χ0n) is 22.8. The van der Waals surface area contributed by atoms with Gasteiger partial charge in [-0.05, 0) is 68.2 Å². The predicted molar refractivity (Wildman–Crippen MR) is 146 cm³/mol. The number of dihydropyridines is 1. The molecule has 3 aliphatic rings. The van der Waals surface area contributed by atoms with Crippen molar-refractivity contribution >= 4 is 17.7 Å². The molecule has 1 heterocycles. The second-order valence-electron chi connectivity index (χ2n) is 10.6. The second kappa shape index (κ2) is 11.5. The minimum atomic E-state index is -0.623. The van der Waals surface area contributed by atoms with E-state index in [1.54, 1.807) is 18.2 Å². The lowest BCUT2D eigenvalue weighted by atomic mass is 9.71. The fraction of sp³-hybridized carbons (Fsp3) is 0.406. The average molecular weight is 530 g/mol. The maximum Gasteiger partial charge on any atom is 0.337 e. The van der Waals surface area contributed by atoms with Crippen LogP contribution in [0.1, 0.15) is 81.8 Å². The van der Waals surface area contributed by atoms with E-state index in [1.807, 2.05) is 25.1 Å². The molecule has 1 aliphatic heterocycles. The molecule has 39 heavy (non-hydrogen) atoms. The average Bonchev–Trinajstić information content (AvgIpc) is 2.93. The first-order valence-electron chi connectivity index (χ1n) is 13.7. The molecule has 204 valence electrons. The van der Waals surface area contributed by atoms with E-state index in [9.17, 15) is 14.4 Å². The highest BCUT2D eigenvalue weighted by Gasteiger charge is 2.42. The Morgan fingerprint density at radius 2 is 1.67 bits per heavy atom. The van der Waals surface area contributed by atoms with Gasteiger partial charge >= 0.3 is 11.9 Å². The van der Waals surface area contributed by atoms with Crippen molar-refractivity contribution in [2.75, 3.05) is 7.11 Å². The van der Waals surface area contributed by atoms with Crippen molar-refractivity contribution < 1.29 is 28.6 Å². The minimum absolute atomic E-state index is 0.00102. The Morgan fingerprint density at radius 3 is 2.36 bits per heavy atom. The van der Waals surface area contributed by atoms with Gasteiger partial charge in [-0.2, -0.15) is 0 Å². The quantitative estimate of drug-likeness (QED) is 0.370. The van der Waals surface area contributed by atoms with Gasteiger partial charge in [-0.15, -0.1) is 0 Å². The molecule has 7 nitrogen and oxygen atoms in total. The number of hydrogen-bond donors (Lipinski definition) is 1. The molecule has 0 saturated heterocycles. The smallest absolute Gasteiger partial charge is 0.337 e. The lowest BCUT2D eigenvalue weighted by Crippen LogP contribution is -2.37. The SMILES string of the molecule is COc1cc([C@H]2C(C(=O)OC3CCCCC3)=C(C)NC3=C2C(=O)C[C@@H](c2ccccc2)C3)ccc1OC(C)=O. The van der Waals surface area contributed by atoms with Gasteiger partial charge in [-0.25, -0.2) is 4.79 Å². The normalized spacial score (nSPS) is 21.7. The molecular weight excluding hydrogens is 494 g/mol. The van der Waals surface area contributed by atoms with Crippen molar-refractivity contribution in [1.82, 2.24) is 5.32 Å². The molecule has 0 spiro atoms. The molecular formula is C32H35NO6. The van der Waals surface area contributed by atoms with Crippen LogP contribution in [0.25, 0.3) is 0 Å². The molecule has 5 rings (SSSR count). The summed E-state index contributed by atoms with van der Waals surface area (Å²) in [6.45, 7) is 3.20. The minimum Gasteiger partial charge on any atom is -0.493 e. The van der Waals surface area contributed by atoms with E-state index in [0.717, 1.165) is 43.4 Å². The van der Waals surface area contributed by atoms with Crippen LogP contribution in [0.2, 0.25) is 0 Å². The number of allylic oxidation sites excluding steroid dienone is 3. The van der Waals surface area contributed by atoms with E-state index in [4.69, 9.17) is 14.2 Å². The van der Waals surface area contributed by atoms with Crippen LogP contribution in [0.5, 0.6) is 11.5 Å². The summed E-state index contributed by atoms with van der Waals surface area (Å²) in [6.07, 6.45) is 5.84. The fourth-order valence-electron chi connectivity index (χ4n) is 6.10. The van der Waals surface area contributed by atoms with E-state index in [-0.39, 0.29) is 23.6 Å². The van der Waals surface area contributed by atoms with Crippen LogP contribution in [-0.2, 0) is 19.1 Å². The number of benzene rings is 2. The van der Waals surface area contributed by atoms with Crippen molar-refractivity contribution in [3.8, 4) is 11.5 Å². The Bertz CT molecular complexity index is 1340. The molecule has 0 unspecified atom stereocenters. The topological polar surface area (TPSA) is 90.9 Å². The highest BCUT2D eigenvalue weighted by atomic mass is 16.6. The van der Waals surface area contributed by atoms with Crippen molar-refractivity contribution in [3.05, 3.63) is 82.2 Å². The molecule has 1 saturated carbocycles. The molecule has 1 fully saturated rings. The number of ether oxygens (including phenoxy) is 3. The Labute approximate surface area is 229 Å². The monoisotopic (exact) mass is 529 g/mol. The third-order valence-electron chi connectivity index (χ3n) is 7.92. The van der Waals surface area contributed by atoms with Gasteiger partial charge in [0.05, 0.1) is 12.7 Å². The third kappa shape index (κ3) is 5.63. The van der Waals surface area contributed by atoms with Gasteiger partial charge < -0.3 is 19.5 Å². The van der Waals surface area contributed by atoms with Crippen LogP contribution in [-0.4, -0.2) is 30.9 Å². The maximum absolute atomic E-state index is 13.9. The fourth-order valence-corrected chi connectivity index (χ4v) is 6.10. The molecule has 0 aromatic heterocycles. The number of ketones is 1. The number of carbonyl (C=O) groups is 3. The molecule has 1 N–H and O–H groups in total. The third-order valence-corrected chi connectivity index (χ3v) is 7.92. The first kappa shape index (κ1) is 26.7. The Morgan fingerprint density at radius 1 is 0.923 bits per heavy atom. The Hall–Kier alpha value is -3.87. The molecule has 2 aromatic rings. The first-order chi connectivity index (χ1) is 18.9. The largest absolute Gasteiger partial charge is 0.493 e. The van der Waals surface area contributed by atoms with Crippen molar-refractivity contribution in [1.29, 1.82) is 0 Å². The predicted octanol–water partition coefficient (Wildman–Crippen LogP) is 5.86. The summed E-state index contributed by atoms with van der Waals surface area (Å²) in [5, 5.41) is 3.42. The van der Waals surface area contributed by atoms with E-state index < -0.39 is 17.9 Å². The summed E-state index contributed by atoms with van der Waals surface area (Å²) in [7, 11) is 1.49. The Kier molecular flexibility index (Phi) is 7.87. The van der Waals surface area contributed by atoms with Gasteiger partial charge in [-0.1, -0.05) is 42.8 Å². The molecule has 2 atom stereocenters. The van der Waals surface area contributed by atoms with E-state index in [1.165, 1.54) is 14.0 Å². The van der Waals surface area contributed by atoms with Gasteiger partial charge in [0.15, 0.2) is 17.3 Å². The number of esters is 2. The molecule has 0 bridgehead atoms. The van der Waals surface area contributed by atoms with Crippen LogP contribution in [0.3, 0.4) is 0 Å². The van der Waals surface area contributed by atoms with Crippen LogP contribution >= 0.6 is 0 Å². The van der Waals surface area contributed by atoms with Crippen molar-refractivity contribution in [2.24, 2.45) is 0 Å². The number of rotatable bonds is 6. The van der Waals surface area contributed by atoms with Crippen molar-refractivity contribution in [2.45, 2.75) is 76.7 Å². The molecule has 2 aromatic carbocycles. The number of nitrogens with one attached hydrogen (secondary N) is 1. The summed E-state index contributed by atoms with van der Waals surface area (Å²) in [5.41, 5.74) is 4.37. The molecule has 0 amide bonds. The zero-order valence-corrected chi connectivity index (χ0v) is 22.8. The standard InChI is InChI=1S/C32H35NO6/c1-19-29(32(36)39-24-12-8-5-9-13-24)30(22-14-15-27(38-20(2)34)28(18-22)37-3)31-25(33-19)16-23(17-26(31)35)21-10-6-4-7-11-21/h4,6-7,10-11,14-15,18,23-24,30,33H,5,8-9,12-13,16-17H2,1-3H3/t23-,30-/m0/s1. The highest BCUT2D eigenvalue weighted by Crippen LogP contribution is 2.47. The number of carbonyl (C=O) groups excluding carboxylic acids is 3. The zero-order chi connectivity index (χ0) is 27.5. The van der Waals surface area contributed by atoms with Crippen molar-refractivity contribution in [3.63, 3.8) is 0 Å². The second-order valence-corrected chi connectivity index (χ2v) is 10.6. The van der Waals surface area contributed by atoms with Crippen LogP contribution in [0.15, 0.2) is 71.1 Å². The summed E-state index contributed by atoms with van der Waals surface area (Å²) in [4.78, 5) is 39.2. The van der Waals surface area contributed by atoms with Gasteiger partial charge in [-0.3, -0.25) is 9.59 Å². The summed E-state index contributed by atoms with van der Waals surface area (Å²) < 4.78 is 16.9. The number of hydrogen-bond acceptors (Lipinski definition) is 7. The maximum atomic E-state index is 13.9. The van der Waals surface area contributed by atoms with Crippen LogP contribution < -0.4 is 14.8 Å². The van der Waals surface area contributed by atoms with Gasteiger partial charge in [0.1, 0.15) is 6.10 Å². The van der Waals surface area contributed by atoms with E-state index in [0.29, 0.717) is 41.0 Å². The van der Waals surface area contributed by atoms with Gasteiger partial charge in [0.2, 0.25) is 0 Å². The summed E-state index contributed by atoms with van der Waals surface area (Å²) in [5.74, 6) is -0.799.